The molecule has 1 aromatic rings. The van der Waals surface area contributed by atoms with Crippen LogP contribution in [0.3, 0.4) is 0 Å². The van der Waals surface area contributed by atoms with Crippen LogP contribution in [0.15, 0.2) is 18.3 Å². The fourth-order valence-electron chi connectivity index (χ4n) is 2.10. The maximum atomic E-state index is 13.6. The minimum Gasteiger partial charge on any atom is -0.350 e. The minimum atomic E-state index is -0.224. The average molecular weight is 273 g/mol. The van der Waals surface area contributed by atoms with E-state index < -0.39 is 0 Å². The van der Waals surface area contributed by atoms with Gasteiger partial charge in [-0.1, -0.05) is 22.9 Å². The number of halogens is 2. The molecule has 2 heterocycles. The van der Waals surface area contributed by atoms with Crippen LogP contribution in [0, 0.1) is 11.7 Å². The fourth-order valence-corrected chi connectivity index (χ4v) is 3.08. The SMILES string of the molecule is CC1CCN(c2ncccc2F)C1CBr. The Morgan fingerprint density at radius 2 is 2.47 bits per heavy atom. The maximum absolute atomic E-state index is 13.6. The molecule has 0 aliphatic carbocycles. The molecule has 0 N–H and O–H groups in total. The third kappa shape index (κ3) is 2.00. The zero-order chi connectivity index (χ0) is 10.8. The predicted molar refractivity (Wildman–Crippen MR) is 62.9 cm³/mol. The topological polar surface area (TPSA) is 16.1 Å². The summed E-state index contributed by atoms with van der Waals surface area (Å²) in [6.45, 7) is 3.10. The second kappa shape index (κ2) is 4.47. The molecule has 1 fully saturated rings. The molecule has 1 aliphatic heterocycles. The van der Waals surface area contributed by atoms with Crippen LogP contribution in [0.5, 0.6) is 0 Å². The van der Waals surface area contributed by atoms with E-state index in [1.807, 2.05) is 0 Å². The van der Waals surface area contributed by atoms with Crippen molar-refractivity contribution in [3.8, 4) is 0 Å². The largest absolute Gasteiger partial charge is 0.350 e. The molecule has 0 aromatic carbocycles. The molecule has 0 saturated carbocycles. The van der Waals surface area contributed by atoms with Gasteiger partial charge in [0.05, 0.1) is 0 Å². The number of nitrogens with zero attached hydrogens (tertiary/aromatic N) is 2. The van der Waals surface area contributed by atoms with E-state index in [0.717, 1.165) is 18.3 Å². The lowest BCUT2D eigenvalue weighted by molar-refractivity contribution is 0.544. The molecule has 0 spiro atoms. The van der Waals surface area contributed by atoms with Crippen LogP contribution in [-0.4, -0.2) is 22.9 Å². The highest BCUT2D eigenvalue weighted by Crippen LogP contribution is 2.30. The van der Waals surface area contributed by atoms with Gasteiger partial charge in [0.2, 0.25) is 0 Å². The highest BCUT2D eigenvalue weighted by molar-refractivity contribution is 9.09. The average Bonchev–Trinajstić information content (AvgIpc) is 2.60. The quantitative estimate of drug-likeness (QED) is 0.770. The molecule has 1 aliphatic rings. The fraction of sp³-hybridized carbons (Fsp3) is 0.545. The van der Waals surface area contributed by atoms with Crippen LogP contribution < -0.4 is 4.90 Å². The van der Waals surface area contributed by atoms with Gasteiger partial charge in [-0.2, -0.15) is 0 Å². The van der Waals surface area contributed by atoms with Gasteiger partial charge >= 0.3 is 0 Å². The van der Waals surface area contributed by atoms with Crippen molar-refractivity contribution in [2.75, 3.05) is 16.8 Å². The first kappa shape index (κ1) is 10.9. The molecule has 2 atom stereocenters. The van der Waals surface area contributed by atoms with Crippen LogP contribution in [0.4, 0.5) is 10.2 Å². The molecule has 15 heavy (non-hydrogen) atoms. The van der Waals surface area contributed by atoms with E-state index in [4.69, 9.17) is 0 Å². The van der Waals surface area contributed by atoms with Crippen molar-refractivity contribution in [2.45, 2.75) is 19.4 Å². The summed E-state index contributed by atoms with van der Waals surface area (Å²) in [5.41, 5.74) is 0. The van der Waals surface area contributed by atoms with Crippen LogP contribution in [-0.2, 0) is 0 Å². The third-order valence-corrected chi connectivity index (χ3v) is 3.72. The Bertz CT molecular complexity index is 345. The molecule has 4 heteroatoms. The van der Waals surface area contributed by atoms with Crippen LogP contribution in [0.2, 0.25) is 0 Å². The maximum Gasteiger partial charge on any atom is 0.165 e. The van der Waals surface area contributed by atoms with Gasteiger partial charge in [-0.25, -0.2) is 9.37 Å². The Kier molecular flexibility index (Phi) is 3.24. The van der Waals surface area contributed by atoms with Crippen molar-refractivity contribution in [3.05, 3.63) is 24.1 Å². The first-order valence-electron chi connectivity index (χ1n) is 5.17. The third-order valence-electron chi connectivity index (χ3n) is 3.05. The van der Waals surface area contributed by atoms with Crippen LogP contribution >= 0.6 is 15.9 Å². The van der Waals surface area contributed by atoms with Crippen LogP contribution in [0.1, 0.15) is 13.3 Å². The molecular weight excluding hydrogens is 259 g/mol. The number of aromatic nitrogens is 1. The Hall–Kier alpha value is -0.640. The van der Waals surface area contributed by atoms with E-state index in [1.54, 1.807) is 12.3 Å². The first-order valence-corrected chi connectivity index (χ1v) is 6.29. The van der Waals surface area contributed by atoms with Gasteiger partial charge in [-0.3, -0.25) is 0 Å². The molecule has 2 unspecified atom stereocenters. The zero-order valence-corrected chi connectivity index (χ0v) is 10.2. The Morgan fingerprint density at radius 1 is 1.67 bits per heavy atom. The zero-order valence-electron chi connectivity index (χ0n) is 8.66. The highest BCUT2D eigenvalue weighted by Gasteiger charge is 2.32. The smallest absolute Gasteiger partial charge is 0.165 e. The van der Waals surface area contributed by atoms with Crippen molar-refractivity contribution in [3.63, 3.8) is 0 Å². The lowest BCUT2D eigenvalue weighted by atomic mass is 10.1. The van der Waals surface area contributed by atoms with Crippen molar-refractivity contribution in [2.24, 2.45) is 5.92 Å². The van der Waals surface area contributed by atoms with E-state index in [0.29, 0.717) is 17.8 Å². The van der Waals surface area contributed by atoms with Gasteiger partial charge in [0.1, 0.15) is 0 Å². The Morgan fingerprint density at radius 3 is 3.13 bits per heavy atom. The molecule has 2 nitrogen and oxygen atoms in total. The van der Waals surface area contributed by atoms with Crippen molar-refractivity contribution in [1.82, 2.24) is 4.98 Å². The van der Waals surface area contributed by atoms with Crippen molar-refractivity contribution < 1.29 is 4.39 Å². The van der Waals surface area contributed by atoms with Gasteiger partial charge in [0.25, 0.3) is 0 Å². The molecule has 1 saturated heterocycles. The number of pyridine rings is 1. The summed E-state index contributed by atoms with van der Waals surface area (Å²) in [5, 5.41) is 0.865. The second-order valence-corrected chi connectivity index (χ2v) is 4.64. The lowest BCUT2D eigenvalue weighted by Crippen LogP contribution is -2.34. The van der Waals surface area contributed by atoms with Gasteiger partial charge in [-0.05, 0) is 24.5 Å². The minimum absolute atomic E-state index is 0.224. The summed E-state index contributed by atoms with van der Waals surface area (Å²) in [6.07, 6.45) is 2.75. The first-order chi connectivity index (χ1) is 7.24. The molecule has 0 bridgehead atoms. The lowest BCUT2D eigenvalue weighted by Gasteiger charge is -2.26. The normalized spacial score (nSPS) is 25.9. The summed E-state index contributed by atoms with van der Waals surface area (Å²) in [7, 11) is 0. The number of anilines is 1. The molecular formula is C11H14BrFN2. The molecule has 1 aromatic heterocycles. The number of hydrogen-bond acceptors (Lipinski definition) is 2. The van der Waals surface area contributed by atoms with Gasteiger partial charge < -0.3 is 4.90 Å². The summed E-state index contributed by atoms with van der Waals surface area (Å²) >= 11 is 3.49. The van der Waals surface area contributed by atoms with E-state index in [1.165, 1.54) is 6.07 Å². The standard InChI is InChI=1S/C11H14BrFN2/c1-8-4-6-15(10(8)7-12)11-9(13)3-2-5-14-11/h2-3,5,8,10H,4,6-7H2,1H3. The van der Waals surface area contributed by atoms with E-state index in [9.17, 15) is 4.39 Å². The molecule has 82 valence electrons. The van der Waals surface area contributed by atoms with E-state index >= 15 is 0 Å². The number of rotatable bonds is 2. The Balaban J connectivity index is 2.28. The summed E-state index contributed by atoms with van der Waals surface area (Å²) < 4.78 is 13.6. The van der Waals surface area contributed by atoms with Gasteiger partial charge in [0, 0.05) is 24.1 Å². The number of alkyl halides is 1. The van der Waals surface area contributed by atoms with E-state index in [2.05, 4.69) is 32.7 Å². The molecule has 0 amide bonds. The van der Waals surface area contributed by atoms with E-state index in [-0.39, 0.29) is 5.82 Å². The summed E-state index contributed by atoms with van der Waals surface area (Å²) in [5.74, 6) is 0.856. The van der Waals surface area contributed by atoms with Crippen molar-refractivity contribution >= 4 is 21.7 Å². The van der Waals surface area contributed by atoms with Gasteiger partial charge in [0.15, 0.2) is 11.6 Å². The van der Waals surface area contributed by atoms with Gasteiger partial charge in [-0.15, -0.1) is 0 Å². The monoisotopic (exact) mass is 272 g/mol. The summed E-state index contributed by atoms with van der Waals surface area (Å²) in [4.78, 5) is 6.19. The predicted octanol–water partition coefficient (Wildman–Crippen LogP) is 2.83. The molecule has 0 radical (unpaired) electrons. The second-order valence-electron chi connectivity index (χ2n) is 3.99. The number of hydrogen-bond donors (Lipinski definition) is 0. The van der Waals surface area contributed by atoms with Crippen molar-refractivity contribution in [1.29, 1.82) is 0 Å². The summed E-state index contributed by atoms with van der Waals surface area (Å²) in [6, 6.07) is 3.45. The highest BCUT2D eigenvalue weighted by atomic mass is 79.9. The Labute approximate surface area is 97.6 Å². The van der Waals surface area contributed by atoms with Crippen LogP contribution in [0.25, 0.3) is 0 Å². The molecule has 2 rings (SSSR count).